The number of rotatable bonds is 2. The van der Waals surface area contributed by atoms with Gasteiger partial charge in [-0.1, -0.05) is 0 Å². The van der Waals surface area contributed by atoms with Crippen molar-refractivity contribution < 1.29 is 9.84 Å². The van der Waals surface area contributed by atoms with Crippen LogP contribution in [0.5, 0.6) is 5.75 Å². The number of methoxy groups -OCH3 is 1. The maximum atomic E-state index is 9.39. The zero-order valence-corrected chi connectivity index (χ0v) is 9.21. The lowest BCUT2D eigenvalue weighted by Gasteiger charge is -2.09. The lowest BCUT2D eigenvalue weighted by Crippen LogP contribution is -1.97. The van der Waals surface area contributed by atoms with Gasteiger partial charge in [-0.3, -0.25) is 0 Å². The van der Waals surface area contributed by atoms with Gasteiger partial charge in [-0.2, -0.15) is 0 Å². The van der Waals surface area contributed by atoms with Crippen LogP contribution in [0, 0.1) is 0 Å². The molecule has 0 aliphatic heterocycles. The van der Waals surface area contributed by atoms with E-state index in [2.05, 4.69) is 15.9 Å². The first-order valence-electron chi connectivity index (χ1n) is 3.84. The van der Waals surface area contributed by atoms with E-state index < -0.39 is 0 Å². The fourth-order valence-corrected chi connectivity index (χ4v) is 1.54. The molecule has 0 atom stereocenters. The van der Waals surface area contributed by atoms with Crippen LogP contribution in [0.1, 0.15) is 5.56 Å². The molecule has 0 bridgehead atoms. The summed E-state index contributed by atoms with van der Waals surface area (Å²) in [7, 11) is 1.54. The van der Waals surface area contributed by atoms with Gasteiger partial charge in [-0.15, -0.1) is 0 Å². The molecular weight excluding hydrogens is 248 g/mol. The summed E-state index contributed by atoms with van der Waals surface area (Å²) in [5, 5.41) is 9.39. The normalized spacial score (nSPS) is 11.4. The second-order valence-corrected chi connectivity index (χ2v) is 3.48. The van der Waals surface area contributed by atoms with Crippen molar-refractivity contribution in [3.8, 4) is 5.75 Å². The number of nitrogens with two attached hydrogens (primary N) is 2. The molecule has 5 heteroatoms. The minimum Gasteiger partial charge on any atom is -0.506 e. The first-order chi connectivity index (χ1) is 6.60. The molecule has 1 aromatic carbocycles. The molecule has 0 amide bonds. The minimum absolute atomic E-state index is 0.0640. The van der Waals surface area contributed by atoms with E-state index in [0.717, 1.165) is 6.20 Å². The van der Waals surface area contributed by atoms with Crippen molar-refractivity contribution in [2.75, 3.05) is 12.8 Å². The average Bonchev–Trinajstić information content (AvgIpc) is 2.19. The standard InChI is InChI=1S/C9H11BrN2O2/c1-14-9-3-7(12)5(2-6(9)10)8(13)4-11/h2-4,13H,11-12H2,1H3/b8-4+. The number of halogens is 1. The predicted molar refractivity (Wildman–Crippen MR) is 59.9 cm³/mol. The van der Waals surface area contributed by atoms with Crippen molar-refractivity contribution in [3.05, 3.63) is 28.4 Å². The average molecular weight is 259 g/mol. The SMILES string of the molecule is COc1cc(N)c(/C(O)=C\N)cc1Br. The van der Waals surface area contributed by atoms with Crippen LogP contribution in [0.2, 0.25) is 0 Å². The lowest BCUT2D eigenvalue weighted by atomic mass is 10.1. The predicted octanol–water partition coefficient (Wildman–Crippen LogP) is 1.85. The Kier molecular flexibility index (Phi) is 3.24. The number of benzene rings is 1. The maximum absolute atomic E-state index is 9.39. The summed E-state index contributed by atoms with van der Waals surface area (Å²) in [6, 6.07) is 3.26. The summed E-state index contributed by atoms with van der Waals surface area (Å²) in [4.78, 5) is 0. The minimum atomic E-state index is -0.0640. The van der Waals surface area contributed by atoms with E-state index in [1.54, 1.807) is 12.1 Å². The molecule has 0 aliphatic rings. The van der Waals surface area contributed by atoms with Crippen LogP contribution < -0.4 is 16.2 Å². The molecule has 14 heavy (non-hydrogen) atoms. The molecule has 0 saturated carbocycles. The fraction of sp³-hybridized carbons (Fsp3) is 0.111. The second kappa shape index (κ2) is 4.23. The molecule has 0 radical (unpaired) electrons. The lowest BCUT2D eigenvalue weighted by molar-refractivity contribution is 0.412. The second-order valence-electron chi connectivity index (χ2n) is 2.63. The number of hydrogen-bond acceptors (Lipinski definition) is 4. The van der Waals surface area contributed by atoms with Crippen LogP contribution in [0.4, 0.5) is 5.69 Å². The van der Waals surface area contributed by atoms with E-state index in [4.69, 9.17) is 16.2 Å². The van der Waals surface area contributed by atoms with Crippen LogP contribution in [0.3, 0.4) is 0 Å². The summed E-state index contributed by atoms with van der Waals surface area (Å²) >= 11 is 3.28. The molecule has 0 aliphatic carbocycles. The molecule has 1 aromatic rings. The van der Waals surface area contributed by atoms with Crippen molar-refractivity contribution in [1.82, 2.24) is 0 Å². The molecule has 5 N–H and O–H groups in total. The van der Waals surface area contributed by atoms with Crippen LogP contribution in [-0.4, -0.2) is 12.2 Å². The number of anilines is 1. The summed E-state index contributed by atoms with van der Waals surface area (Å²) in [5.41, 5.74) is 11.7. The van der Waals surface area contributed by atoms with Crippen molar-refractivity contribution >= 4 is 27.4 Å². The molecule has 0 heterocycles. The van der Waals surface area contributed by atoms with Gasteiger partial charge in [-0.05, 0) is 22.0 Å². The Labute approximate surface area is 90.3 Å². The van der Waals surface area contributed by atoms with Crippen LogP contribution in [0.25, 0.3) is 5.76 Å². The number of aliphatic hydroxyl groups is 1. The summed E-state index contributed by atoms with van der Waals surface area (Å²) in [6.45, 7) is 0. The molecule has 0 spiro atoms. The maximum Gasteiger partial charge on any atom is 0.140 e. The highest BCUT2D eigenvalue weighted by Gasteiger charge is 2.09. The Balaban J connectivity index is 3.29. The van der Waals surface area contributed by atoms with Gasteiger partial charge in [0.25, 0.3) is 0 Å². The largest absolute Gasteiger partial charge is 0.506 e. The highest BCUT2D eigenvalue weighted by molar-refractivity contribution is 9.10. The molecule has 0 saturated heterocycles. The topological polar surface area (TPSA) is 81.5 Å². The molecule has 4 nitrogen and oxygen atoms in total. The van der Waals surface area contributed by atoms with Crippen LogP contribution in [0.15, 0.2) is 22.8 Å². The van der Waals surface area contributed by atoms with Crippen molar-refractivity contribution in [1.29, 1.82) is 0 Å². The van der Waals surface area contributed by atoms with Gasteiger partial charge >= 0.3 is 0 Å². The zero-order chi connectivity index (χ0) is 10.7. The van der Waals surface area contributed by atoms with Gasteiger partial charge in [-0.25, -0.2) is 0 Å². The van der Waals surface area contributed by atoms with Crippen molar-refractivity contribution in [3.63, 3.8) is 0 Å². The Morgan fingerprint density at radius 1 is 1.57 bits per heavy atom. The van der Waals surface area contributed by atoms with Crippen LogP contribution in [-0.2, 0) is 0 Å². The van der Waals surface area contributed by atoms with E-state index >= 15 is 0 Å². The molecule has 1 rings (SSSR count). The van der Waals surface area contributed by atoms with E-state index in [1.807, 2.05) is 0 Å². The highest BCUT2D eigenvalue weighted by Crippen LogP contribution is 2.32. The smallest absolute Gasteiger partial charge is 0.140 e. The Morgan fingerprint density at radius 3 is 2.71 bits per heavy atom. The highest BCUT2D eigenvalue weighted by atomic mass is 79.9. The Hall–Kier alpha value is -1.36. The quantitative estimate of drug-likeness (QED) is 0.559. The molecule has 0 unspecified atom stereocenters. The van der Waals surface area contributed by atoms with Gasteiger partial charge < -0.3 is 21.3 Å². The third kappa shape index (κ3) is 1.93. The van der Waals surface area contributed by atoms with Crippen molar-refractivity contribution in [2.24, 2.45) is 5.73 Å². The molecule has 76 valence electrons. The van der Waals surface area contributed by atoms with E-state index in [9.17, 15) is 5.11 Å². The third-order valence-corrected chi connectivity index (χ3v) is 2.38. The summed E-state index contributed by atoms with van der Waals surface area (Å²) < 4.78 is 5.74. The molecular formula is C9H11BrN2O2. The van der Waals surface area contributed by atoms with Crippen molar-refractivity contribution in [2.45, 2.75) is 0 Å². The van der Waals surface area contributed by atoms with Crippen LogP contribution >= 0.6 is 15.9 Å². The number of ether oxygens (including phenoxy) is 1. The summed E-state index contributed by atoms with van der Waals surface area (Å²) in [6.07, 6.45) is 1.09. The number of nitrogen functional groups attached to an aromatic ring is 1. The van der Waals surface area contributed by atoms with Gasteiger partial charge in [0.05, 0.1) is 11.6 Å². The summed E-state index contributed by atoms with van der Waals surface area (Å²) in [5.74, 6) is 0.543. The Bertz CT molecular complexity index is 377. The monoisotopic (exact) mass is 258 g/mol. The zero-order valence-electron chi connectivity index (χ0n) is 7.62. The first-order valence-corrected chi connectivity index (χ1v) is 4.63. The third-order valence-electron chi connectivity index (χ3n) is 1.76. The van der Waals surface area contributed by atoms with E-state index in [-0.39, 0.29) is 5.76 Å². The number of hydrogen-bond donors (Lipinski definition) is 3. The molecule has 0 aromatic heterocycles. The Morgan fingerprint density at radius 2 is 2.21 bits per heavy atom. The van der Waals surface area contributed by atoms with E-state index in [1.165, 1.54) is 7.11 Å². The van der Waals surface area contributed by atoms with Gasteiger partial charge in [0.15, 0.2) is 0 Å². The van der Waals surface area contributed by atoms with Gasteiger partial charge in [0.1, 0.15) is 11.5 Å². The number of aliphatic hydroxyl groups excluding tert-OH is 1. The van der Waals surface area contributed by atoms with Gasteiger partial charge in [0.2, 0.25) is 0 Å². The molecule has 0 fully saturated rings. The first kappa shape index (κ1) is 10.7. The van der Waals surface area contributed by atoms with Gasteiger partial charge in [0, 0.05) is 23.5 Å². The fourth-order valence-electron chi connectivity index (χ4n) is 1.04. The van der Waals surface area contributed by atoms with E-state index in [0.29, 0.717) is 21.5 Å².